The molecule has 0 atom stereocenters. The maximum atomic E-state index is 7.87. The first-order chi connectivity index (χ1) is 15.8. The summed E-state index contributed by atoms with van der Waals surface area (Å²) in [4.78, 5) is 4.60. The van der Waals surface area contributed by atoms with E-state index in [-0.39, 0.29) is 5.96 Å². The van der Waals surface area contributed by atoms with E-state index < -0.39 is 0 Å². The molecule has 2 saturated heterocycles. The summed E-state index contributed by atoms with van der Waals surface area (Å²) < 4.78 is 10.8. The highest BCUT2D eigenvalue weighted by Gasteiger charge is 2.11. The van der Waals surface area contributed by atoms with Crippen LogP contribution in [0.2, 0.25) is 0 Å². The molecule has 168 valence electrons. The van der Waals surface area contributed by atoms with E-state index in [1.165, 1.54) is 11.4 Å². The molecule has 2 aromatic rings. The van der Waals surface area contributed by atoms with Gasteiger partial charge < -0.3 is 19.3 Å². The largest absolute Gasteiger partial charge is 0.378 e. The van der Waals surface area contributed by atoms with Crippen LogP contribution in [0.5, 0.6) is 0 Å². The van der Waals surface area contributed by atoms with Gasteiger partial charge >= 0.3 is 0 Å². The number of anilines is 2. The fraction of sp³-hybridized carbons (Fsp3) is 0.348. The van der Waals surface area contributed by atoms with Gasteiger partial charge in [0.05, 0.1) is 38.9 Å². The first-order valence-electron chi connectivity index (χ1n) is 10.8. The molecule has 32 heavy (non-hydrogen) atoms. The molecule has 2 aromatic carbocycles. The molecule has 0 unspecified atom stereocenters. The minimum absolute atomic E-state index is 0.00706. The Bertz CT molecular complexity index is 841. The van der Waals surface area contributed by atoms with Crippen molar-refractivity contribution in [3.05, 3.63) is 59.7 Å². The van der Waals surface area contributed by atoms with Crippen molar-refractivity contribution in [2.75, 3.05) is 62.4 Å². The molecule has 2 aliphatic heterocycles. The SMILES string of the molecule is N=C(N/N=C/c1ccc(N2CCOCC2)cc1)N/N=C/c1ccc(N2CCOCC2)cc1. The maximum Gasteiger partial charge on any atom is 0.230 e. The van der Waals surface area contributed by atoms with Gasteiger partial charge in [-0.2, -0.15) is 10.2 Å². The van der Waals surface area contributed by atoms with Crippen molar-refractivity contribution < 1.29 is 9.47 Å². The monoisotopic (exact) mass is 435 g/mol. The minimum atomic E-state index is -0.00706. The van der Waals surface area contributed by atoms with Crippen LogP contribution in [-0.2, 0) is 9.47 Å². The number of morpholine rings is 2. The minimum Gasteiger partial charge on any atom is -0.378 e. The lowest BCUT2D eigenvalue weighted by atomic mass is 10.2. The van der Waals surface area contributed by atoms with Crippen LogP contribution < -0.4 is 20.7 Å². The van der Waals surface area contributed by atoms with Crippen LogP contribution in [0, 0.1) is 5.41 Å². The smallest absolute Gasteiger partial charge is 0.230 e. The first kappa shape index (κ1) is 21.8. The number of hydrazone groups is 2. The average molecular weight is 436 g/mol. The van der Waals surface area contributed by atoms with Crippen LogP contribution in [0.4, 0.5) is 11.4 Å². The zero-order chi connectivity index (χ0) is 22.0. The summed E-state index contributed by atoms with van der Waals surface area (Å²) in [6, 6.07) is 16.3. The second-order valence-corrected chi connectivity index (χ2v) is 7.50. The number of ether oxygens (including phenoxy) is 2. The van der Waals surface area contributed by atoms with E-state index >= 15 is 0 Å². The summed E-state index contributed by atoms with van der Waals surface area (Å²) in [6.07, 6.45) is 3.35. The molecule has 0 bridgehead atoms. The number of nitrogens with one attached hydrogen (secondary N) is 3. The van der Waals surface area contributed by atoms with Gasteiger partial charge in [0, 0.05) is 37.6 Å². The Morgan fingerprint density at radius 2 is 1.06 bits per heavy atom. The lowest BCUT2D eigenvalue weighted by Crippen LogP contribution is -2.36. The molecule has 0 aliphatic carbocycles. The van der Waals surface area contributed by atoms with Crippen LogP contribution in [0.25, 0.3) is 0 Å². The molecule has 2 heterocycles. The molecule has 2 aliphatic rings. The Morgan fingerprint density at radius 3 is 1.44 bits per heavy atom. The van der Waals surface area contributed by atoms with Gasteiger partial charge in [-0.05, 0) is 35.4 Å². The fourth-order valence-corrected chi connectivity index (χ4v) is 3.55. The lowest BCUT2D eigenvalue weighted by Gasteiger charge is -2.28. The number of guanidine groups is 1. The van der Waals surface area contributed by atoms with E-state index in [0.717, 1.165) is 63.7 Å². The van der Waals surface area contributed by atoms with Crippen LogP contribution >= 0.6 is 0 Å². The summed E-state index contributed by atoms with van der Waals surface area (Å²) in [5.41, 5.74) is 9.52. The van der Waals surface area contributed by atoms with Crippen molar-refractivity contribution >= 4 is 29.8 Å². The van der Waals surface area contributed by atoms with Gasteiger partial charge in [-0.3, -0.25) is 5.41 Å². The molecular formula is C23H29N7O2. The highest BCUT2D eigenvalue weighted by molar-refractivity contribution is 5.85. The Kier molecular flexibility index (Phi) is 7.67. The van der Waals surface area contributed by atoms with Crippen LogP contribution in [0.3, 0.4) is 0 Å². The standard InChI is InChI=1S/C23H29N7O2/c24-23(27-25-17-19-1-5-21(6-2-19)29-9-13-31-14-10-29)28-26-18-20-3-7-22(8-4-20)30-11-15-32-16-12-30/h1-8,17-18H,9-16H2,(H3,24,27,28)/b25-17+,26-18+. The van der Waals surface area contributed by atoms with Crippen molar-refractivity contribution in [2.45, 2.75) is 0 Å². The molecular weight excluding hydrogens is 406 g/mol. The molecule has 9 heteroatoms. The summed E-state index contributed by atoms with van der Waals surface area (Å²) in [5, 5.41) is 16.0. The Labute approximate surface area is 188 Å². The Morgan fingerprint density at radius 1 is 0.688 bits per heavy atom. The van der Waals surface area contributed by atoms with E-state index in [1.54, 1.807) is 12.4 Å². The number of rotatable bonds is 6. The molecule has 0 aromatic heterocycles. The third-order valence-corrected chi connectivity index (χ3v) is 5.32. The zero-order valence-electron chi connectivity index (χ0n) is 18.0. The van der Waals surface area contributed by atoms with Crippen LogP contribution in [-0.4, -0.2) is 71.0 Å². The quantitative estimate of drug-likeness (QED) is 0.364. The van der Waals surface area contributed by atoms with Gasteiger partial charge in [0.15, 0.2) is 0 Å². The number of hydrogen-bond donors (Lipinski definition) is 3. The summed E-state index contributed by atoms with van der Waals surface area (Å²) in [5.74, 6) is -0.00706. The topological polar surface area (TPSA) is 97.6 Å². The maximum absolute atomic E-state index is 7.87. The van der Waals surface area contributed by atoms with Crippen molar-refractivity contribution in [3.8, 4) is 0 Å². The molecule has 4 rings (SSSR count). The Hall–Kier alpha value is -3.43. The highest BCUT2D eigenvalue weighted by atomic mass is 16.5. The number of hydrogen-bond acceptors (Lipinski definition) is 7. The number of benzene rings is 2. The number of nitrogens with zero attached hydrogens (tertiary/aromatic N) is 4. The van der Waals surface area contributed by atoms with Crippen molar-refractivity contribution in [1.29, 1.82) is 5.41 Å². The van der Waals surface area contributed by atoms with Gasteiger partial charge in [-0.15, -0.1) is 0 Å². The van der Waals surface area contributed by atoms with E-state index in [1.807, 2.05) is 24.3 Å². The fourth-order valence-electron chi connectivity index (χ4n) is 3.55. The summed E-state index contributed by atoms with van der Waals surface area (Å²) >= 11 is 0. The summed E-state index contributed by atoms with van der Waals surface area (Å²) in [7, 11) is 0. The van der Waals surface area contributed by atoms with Crippen LogP contribution in [0.1, 0.15) is 11.1 Å². The predicted molar refractivity (Wildman–Crippen MR) is 128 cm³/mol. The van der Waals surface area contributed by atoms with E-state index in [2.05, 4.69) is 55.1 Å². The van der Waals surface area contributed by atoms with Crippen molar-refractivity contribution in [3.63, 3.8) is 0 Å². The molecule has 0 spiro atoms. The van der Waals surface area contributed by atoms with E-state index in [4.69, 9.17) is 14.9 Å². The van der Waals surface area contributed by atoms with Gasteiger partial charge in [0.1, 0.15) is 0 Å². The summed E-state index contributed by atoms with van der Waals surface area (Å²) in [6.45, 7) is 6.73. The van der Waals surface area contributed by atoms with E-state index in [9.17, 15) is 0 Å². The van der Waals surface area contributed by atoms with Gasteiger partial charge in [0.2, 0.25) is 5.96 Å². The lowest BCUT2D eigenvalue weighted by molar-refractivity contribution is 0.122. The van der Waals surface area contributed by atoms with Crippen molar-refractivity contribution in [2.24, 2.45) is 10.2 Å². The molecule has 0 saturated carbocycles. The van der Waals surface area contributed by atoms with E-state index in [0.29, 0.717) is 0 Å². The second-order valence-electron chi connectivity index (χ2n) is 7.50. The highest BCUT2D eigenvalue weighted by Crippen LogP contribution is 2.17. The molecule has 3 N–H and O–H groups in total. The van der Waals surface area contributed by atoms with Crippen molar-refractivity contribution in [1.82, 2.24) is 10.9 Å². The molecule has 0 amide bonds. The van der Waals surface area contributed by atoms with Gasteiger partial charge in [0.25, 0.3) is 0 Å². The molecule has 2 fully saturated rings. The Balaban J connectivity index is 1.20. The molecule has 9 nitrogen and oxygen atoms in total. The normalized spacial score (nSPS) is 17.1. The third kappa shape index (κ3) is 6.29. The zero-order valence-corrected chi connectivity index (χ0v) is 18.0. The third-order valence-electron chi connectivity index (χ3n) is 5.32. The van der Waals surface area contributed by atoms with Gasteiger partial charge in [-0.1, -0.05) is 24.3 Å². The molecule has 0 radical (unpaired) electrons. The van der Waals surface area contributed by atoms with Crippen LogP contribution in [0.15, 0.2) is 58.7 Å². The average Bonchev–Trinajstić information content (AvgIpc) is 2.86. The predicted octanol–water partition coefficient (Wildman–Crippen LogP) is 1.84. The second kappa shape index (κ2) is 11.3. The van der Waals surface area contributed by atoms with Gasteiger partial charge in [-0.25, -0.2) is 10.9 Å². The first-order valence-corrected chi connectivity index (χ1v) is 10.8.